The Bertz CT molecular complexity index is 943. The fourth-order valence-corrected chi connectivity index (χ4v) is 4.86. The average Bonchev–Trinajstić information content (AvgIpc) is 3.15. The molecule has 0 aliphatic carbocycles. The lowest BCUT2D eigenvalue weighted by Crippen LogP contribution is -2.65. The molecular weight excluding hydrogens is 346 g/mol. The van der Waals surface area contributed by atoms with Gasteiger partial charge in [-0.25, -0.2) is 0 Å². The molecule has 6 heteroatoms. The minimum Gasteiger partial charge on any atom is -0.493 e. The third kappa shape index (κ3) is 2.14. The Labute approximate surface area is 158 Å². The number of rotatable bonds is 2. The van der Waals surface area contributed by atoms with Crippen molar-refractivity contribution in [3.63, 3.8) is 0 Å². The molecule has 3 aliphatic rings. The predicted molar refractivity (Wildman–Crippen MR) is 98.2 cm³/mol. The maximum absolute atomic E-state index is 12.0. The first-order valence-corrected chi connectivity index (χ1v) is 9.22. The highest BCUT2D eigenvalue weighted by molar-refractivity contribution is 5.55. The zero-order valence-corrected chi connectivity index (χ0v) is 15.9. The smallest absolute Gasteiger partial charge is 0.232 e. The Morgan fingerprint density at radius 3 is 2.63 bits per heavy atom. The number of nitrogens with zero attached hydrogens (tertiary/aromatic N) is 1. The van der Waals surface area contributed by atoms with Crippen molar-refractivity contribution < 1.29 is 28.5 Å². The minimum atomic E-state index is -1.02. The summed E-state index contributed by atoms with van der Waals surface area (Å²) >= 11 is 0. The monoisotopic (exact) mass is 370 g/mol. The number of benzene rings is 2. The van der Waals surface area contributed by atoms with Gasteiger partial charge < -0.3 is 24.1 Å². The molecule has 5 rings (SSSR count). The lowest BCUT2D eigenvalue weighted by atomic mass is 9.78. The van der Waals surface area contributed by atoms with Gasteiger partial charge in [0, 0.05) is 12.0 Å². The number of aliphatic hydroxyl groups is 1. The van der Waals surface area contributed by atoms with E-state index in [1.54, 1.807) is 14.2 Å². The summed E-state index contributed by atoms with van der Waals surface area (Å²) in [5.74, 6) is 2.99. The van der Waals surface area contributed by atoms with Crippen molar-refractivity contribution >= 4 is 0 Å². The van der Waals surface area contributed by atoms with Crippen LogP contribution in [0.25, 0.3) is 0 Å². The highest BCUT2D eigenvalue weighted by Gasteiger charge is 2.56. The second kappa shape index (κ2) is 5.53. The number of ether oxygens (including phenoxy) is 4. The van der Waals surface area contributed by atoms with E-state index in [9.17, 15) is 5.11 Å². The van der Waals surface area contributed by atoms with E-state index in [0.717, 1.165) is 46.7 Å². The summed E-state index contributed by atoms with van der Waals surface area (Å²) in [7, 11) is 5.39. The lowest BCUT2D eigenvalue weighted by Gasteiger charge is -2.54. The van der Waals surface area contributed by atoms with Gasteiger partial charge in [-0.15, -0.1) is 0 Å². The number of quaternary nitrogens is 1. The molecule has 6 nitrogen and oxygen atoms in total. The van der Waals surface area contributed by atoms with Gasteiger partial charge in [0.1, 0.15) is 6.54 Å². The topological polar surface area (TPSA) is 57.2 Å². The van der Waals surface area contributed by atoms with Crippen LogP contribution in [0.2, 0.25) is 0 Å². The number of hydrogen-bond acceptors (Lipinski definition) is 5. The maximum Gasteiger partial charge on any atom is 0.232 e. The standard InChI is InChI=1S/C21H24NO5/c1-22-7-6-13-8-18(24-2)19(25-3)9-16(13)21(22,23)10-14-4-5-17-20(15(14)11-22)27-12-26-17/h4-5,8-9,23H,6-7,10-12H2,1-3H3/q+1. The SMILES string of the molecule is COc1cc2c(cc1OC)C1(O)Cc3ccc4c(c3C[N+]1(C)CC2)OCO4. The molecule has 2 aromatic carbocycles. The summed E-state index contributed by atoms with van der Waals surface area (Å²) in [5, 5.41) is 12.0. The molecule has 0 saturated heterocycles. The summed E-state index contributed by atoms with van der Waals surface area (Å²) in [5.41, 5.74) is 3.29. The van der Waals surface area contributed by atoms with Crippen LogP contribution in [0.15, 0.2) is 24.3 Å². The predicted octanol–water partition coefficient (Wildman–Crippen LogP) is 2.34. The fraction of sp³-hybridized carbons (Fsp3) is 0.429. The average molecular weight is 370 g/mol. The molecular formula is C21H24NO5+. The molecule has 2 unspecified atom stereocenters. The van der Waals surface area contributed by atoms with Crippen molar-refractivity contribution in [2.24, 2.45) is 0 Å². The zero-order valence-electron chi connectivity index (χ0n) is 15.9. The van der Waals surface area contributed by atoms with Crippen LogP contribution in [0.1, 0.15) is 22.3 Å². The molecule has 3 heterocycles. The summed E-state index contributed by atoms with van der Waals surface area (Å²) in [6.45, 7) is 1.80. The van der Waals surface area contributed by atoms with Crippen molar-refractivity contribution in [2.75, 3.05) is 34.6 Å². The van der Waals surface area contributed by atoms with Crippen molar-refractivity contribution in [1.82, 2.24) is 0 Å². The van der Waals surface area contributed by atoms with Crippen LogP contribution in [0, 0.1) is 0 Å². The minimum absolute atomic E-state index is 0.263. The molecule has 142 valence electrons. The molecule has 0 bridgehead atoms. The molecule has 0 spiro atoms. The van der Waals surface area contributed by atoms with Crippen molar-refractivity contribution in [2.45, 2.75) is 25.1 Å². The van der Waals surface area contributed by atoms with E-state index in [4.69, 9.17) is 18.9 Å². The Morgan fingerprint density at radius 2 is 1.85 bits per heavy atom. The Balaban J connectivity index is 1.68. The fourth-order valence-electron chi connectivity index (χ4n) is 4.86. The van der Waals surface area contributed by atoms with Gasteiger partial charge >= 0.3 is 0 Å². The van der Waals surface area contributed by atoms with E-state index < -0.39 is 5.72 Å². The van der Waals surface area contributed by atoms with Gasteiger partial charge in [0.05, 0.1) is 39.8 Å². The second-order valence-corrected chi connectivity index (χ2v) is 7.82. The van der Waals surface area contributed by atoms with Crippen molar-refractivity contribution in [3.05, 3.63) is 46.5 Å². The Hall–Kier alpha value is -2.44. The molecule has 0 saturated carbocycles. The first kappa shape index (κ1) is 16.7. The zero-order chi connectivity index (χ0) is 18.8. The third-order valence-corrected chi connectivity index (χ3v) is 6.49. The van der Waals surface area contributed by atoms with Gasteiger partial charge in [0.2, 0.25) is 12.5 Å². The van der Waals surface area contributed by atoms with E-state index in [1.165, 1.54) is 0 Å². The van der Waals surface area contributed by atoms with Gasteiger partial charge in [-0.2, -0.15) is 0 Å². The van der Waals surface area contributed by atoms with Crippen molar-refractivity contribution in [3.8, 4) is 23.0 Å². The van der Waals surface area contributed by atoms with Crippen LogP contribution in [0.3, 0.4) is 0 Å². The molecule has 1 N–H and O–H groups in total. The molecule has 2 atom stereocenters. The highest BCUT2D eigenvalue weighted by atomic mass is 16.7. The first-order chi connectivity index (χ1) is 13.0. The largest absolute Gasteiger partial charge is 0.493 e. The summed E-state index contributed by atoms with van der Waals surface area (Å²) in [4.78, 5) is 0. The van der Waals surface area contributed by atoms with E-state index in [2.05, 4.69) is 13.1 Å². The second-order valence-electron chi connectivity index (χ2n) is 7.82. The first-order valence-electron chi connectivity index (χ1n) is 9.22. The van der Waals surface area contributed by atoms with E-state index in [-0.39, 0.29) is 6.79 Å². The van der Waals surface area contributed by atoms with Gasteiger partial charge in [-0.1, -0.05) is 6.07 Å². The van der Waals surface area contributed by atoms with Crippen LogP contribution in [-0.2, 0) is 25.1 Å². The number of hydrogen-bond donors (Lipinski definition) is 1. The number of likely N-dealkylation sites (N-methyl/N-ethyl adjacent to an activating group) is 1. The van der Waals surface area contributed by atoms with Crippen LogP contribution < -0.4 is 18.9 Å². The number of methoxy groups -OCH3 is 2. The van der Waals surface area contributed by atoms with Gasteiger partial charge in [0.15, 0.2) is 23.0 Å². The van der Waals surface area contributed by atoms with Gasteiger partial charge in [0.25, 0.3) is 0 Å². The molecule has 2 aromatic rings. The van der Waals surface area contributed by atoms with Crippen molar-refractivity contribution in [1.29, 1.82) is 0 Å². The third-order valence-electron chi connectivity index (χ3n) is 6.49. The molecule has 0 amide bonds. The van der Waals surface area contributed by atoms with Crippen LogP contribution in [0.5, 0.6) is 23.0 Å². The molecule has 0 aromatic heterocycles. The molecule has 27 heavy (non-hydrogen) atoms. The van der Waals surface area contributed by atoms with Gasteiger partial charge in [-0.3, -0.25) is 4.48 Å². The van der Waals surface area contributed by atoms with Crippen LogP contribution in [-0.4, -0.2) is 44.2 Å². The lowest BCUT2D eigenvalue weighted by molar-refractivity contribution is -1.01. The summed E-state index contributed by atoms with van der Waals surface area (Å²) in [6, 6.07) is 7.95. The Kier molecular flexibility index (Phi) is 3.42. The van der Waals surface area contributed by atoms with Gasteiger partial charge in [-0.05, 0) is 29.3 Å². The maximum atomic E-state index is 12.0. The molecule has 0 radical (unpaired) electrons. The van der Waals surface area contributed by atoms with E-state index >= 15 is 0 Å². The normalized spacial score (nSPS) is 27.4. The van der Waals surface area contributed by atoms with Crippen LogP contribution >= 0.6 is 0 Å². The van der Waals surface area contributed by atoms with E-state index in [0.29, 0.717) is 28.9 Å². The quantitative estimate of drug-likeness (QED) is 0.823. The summed E-state index contributed by atoms with van der Waals surface area (Å²) in [6.07, 6.45) is 1.40. The summed E-state index contributed by atoms with van der Waals surface area (Å²) < 4.78 is 22.8. The molecule has 0 fully saturated rings. The van der Waals surface area contributed by atoms with E-state index in [1.807, 2.05) is 18.2 Å². The number of fused-ring (bicyclic) bond motifs is 6. The molecule has 3 aliphatic heterocycles. The highest BCUT2D eigenvalue weighted by Crippen LogP contribution is 2.51. The Morgan fingerprint density at radius 1 is 1.07 bits per heavy atom. The van der Waals surface area contributed by atoms with Crippen LogP contribution in [0.4, 0.5) is 0 Å².